The minimum atomic E-state index is 0.0476. The fourth-order valence-corrected chi connectivity index (χ4v) is 3.72. The lowest BCUT2D eigenvalue weighted by Crippen LogP contribution is -2.55. The molecule has 2 fully saturated rings. The number of nitrogens with zero attached hydrogens (tertiary/aromatic N) is 2. The van der Waals surface area contributed by atoms with Crippen molar-refractivity contribution >= 4 is 17.3 Å². The van der Waals surface area contributed by atoms with Gasteiger partial charge in [0.15, 0.2) is 0 Å². The second-order valence-corrected chi connectivity index (χ2v) is 6.14. The standard InChI is InChI=1S/C15H21ClN2O/c1-11-8-17-6-2-3-13(17)9-18(11)15-5-4-12(10-19)7-14(15)16/h4-5,7,11,13,19H,2-3,6,8-10H2,1H3. The van der Waals surface area contributed by atoms with Gasteiger partial charge < -0.3 is 10.0 Å². The highest BCUT2D eigenvalue weighted by molar-refractivity contribution is 6.33. The smallest absolute Gasteiger partial charge is 0.0682 e. The zero-order chi connectivity index (χ0) is 13.4. The normalized spacial score (nSPS) is 27.6. The van der Waals surface area contributed by atoms with Crippen molar-refractivity contribution in [3.05, 3.63) is 28.8 Å². The van der Waals surface area contributed by atoms with Crippen LogP contribution in [0.25, 0.3) is 0 Å². The molecule has 0 aliphatic carbocycles. The average Bonchev–Trinajstić information content (AvgIpc) is 2.85. The Labute approximate surface area is 119 Å². The molecule has 1 aromatic rings. The number of benzene rings is 1. The van der Waals surface area contributed by atoms with Crippen molar-refractivity contribution in [2.45, 2.75) is 38.5 Å². The van der Waals surface area contributed by atoms with Gasteiger partial charge in [-0.3, -0.25) is 4.90 Å². The highest BCUT2D eigenvalue weighted by Gasteiger charge is 2.34. The van der Waals surface area contributed by atoms with Gasteiger partial charge in [0.05, 0.1) is 17.3 Å². The molecule has 3 nitrogen and oxygen atoms in total. The van der Waals surface area contributed by atoms with Gasteiger partial charge in [-0.05, 0) is 44.0 Å². The topological polar surface area (TPSA) is 26.7 Å². The molecule has 0 radical (unpaired) electrons. The lowest BCUT2D eigenvalue weighted by Gasteiger charge is -2.44. The van der Waals surface area contributed by atoms with Gasteiger partial charge in [-0.25, -0.2) is 0 Å². The van der Waals surface area contributed by atoms with Crippen molar-refractivity contribution in [3.63, 3.8) is 0 Å². The van der Waals surface area contributed by atoms with Crippen LogP contribution < -0.4 is 4.90 Å². The van der Waals surface area contributed by atoms with E-state index in [0.29, 0.717) is 12.1 Å². The van der Waals surface area contributed by atoms with Crippen molar-refractivity contribution in [1.29, 1.82) is 0 Å². The molecule has 2 aliphatic rings. The number of aliphatic hydroxyl groups excluding tert-OH is 1. The van der Waals surface area contributed by atoms with E-state index in [0.717, 1.165) is 29.4 Å². The van der Waals surface area contributed by atoms with E-state index in [1.165, 1.54) is 19.4 Å². The van der Waals surface area contributed by atoms with Gasteiger partial charge in [0.2, 0.25) is 0 Å². The molecular formula is C15H21ClN2O. The third-order valence-corrected chi connectivity index (χ3v) is 4.74. The summed E-state index contributed by atoms with van der Waals surface area (Å²) in [5.74, 6) is 0. The number of fused-ring (bicyclic) bond motifs is 1. The van der Waals surface area contributed by atoms with Crippen LogP contribution in [0.2, 0.25) is 5.02 Å². The van der Waals surface area contributed by atoms with E-state index in [4.69, 9.17) is 16.7 Å². The quantitative estimate of drug-likeness (QED) is 0.902. The predicted molar refractivity (Wildman–Crippen MR) is 78.8 cm³/mol. The van der Waals surface area contributed by atoms with Crippen LogP contribution in [0, 0.1) is 0 Å². The van der Waals surface area contributed by atoms with Crippen molar-refractivity contribution < 1.29 is 5.11 Å². The Hall–Kier alpha value is -0.770. The number of hydrogen-bond donors (Lipinski definition) is 1. The Morgan fingerprint density at radius 1 is 1.37 bits per heavy atom. The minimum absolute atomic E-state index is 0.0476. The van der Waals surface area contributed by atoms with Crippen LogP contribution in [0.5, 0.6) is 0 Å². The molecule has 104 valence electrons. The largest absolute Gasteiger partial charge is 0.392 e. The van der Waals surface area contributed by atoms with Crippen LogP contribution in [-0.2, 0) is 6.61 Å². The maximum absolute atomic E-state index is 9.16. The Kier molecular flexibility index (Phi) is 3.70. The Balaban J connectivity index is 1.84. The second-order valence-electron chi connectivity index (χ2n) is 5.74. The monoisotopic (exact) mass is 280 g/mol. The molecule has 0 bridgehead atoms. The van der Waals surface area contributed by atoms with E-state index in [1.54, 1.807) is 0 Å². The Bertz CT molecular complexity index is 465. The summed E-state index contributed by atoms with van der Waals surface area (Å²) in [7, 11) is 0. The van der Waals surface area contributed by atoms with Crippen molar-refractivity contribution in [1.82, 2.24) is 4.90 Å². The van der Waals surface area contributed by atoms with Gasteiger partial charge in [-0.15, -0.1) is 0 Å². The first-order valence-corrected chi connectivity index (χ1v) is 7.47. The lowest BCUT2D eigenvalue weighted by molar-refractivity contribution is 0.203. The first kappa shape index (κ1) is 13.2. The number of anilines is 1. The van der Waals surface area contributed by atoms with Gasteiger partial charge >= 0.3 is 0 Å². The third-order valence-electron chi connectivity index (χ3n) is 4.44. The number of aliphatic hydroxyl groups is 1. The van der Waals surface area contributed by atoms with E-state index < -0.39 is 0 Å². The van der Waals surface area contributed by atoms with Crippen LogP contribution in [0.3, 0.4) is 0 Å². The summed E-state index contributed by atoms with van der Waals surface area (Å²) < 4.78 is 0. The fraction of sp³-hybridized carbons (Fsp3) is 0.600. The number of hydrogen-bond acceptors (Lipinski definition) is 3. The van der Waals surface area contributed by atoms with Gasteiger partial charge in [-0.2, -0.15) is 0 Å². The predicted octanol–water partition coefficient (Wildman–Crippen LogP) is 2.51. The van der Waals surface area contributed by atoms with Crippen LogP contribution in [-0.4, -0.2) is 41.7 Å². The summed E-state index contributed by atoms with van der Waals surface area (Å²) in [6.45, 7) is 5.76. The van der Waals surface area contributed by atoms with Crippen LogP contribution >= 0.6 is 11.6 Å². The molecule has 2 aliphatic heterocycles. The van der Waals surface area contributed by atoms with E-state index >= 15 is 0 Å². The van der Waals surface area contributed by atoms with Gasteiger partial charge in [0.1, 0.15) is 0 Å². The molecule has 19 heavy (non-hydrogen) atoms. The summed E-state index contributed by atoms with van der Waals surface area (Å²) in [4.78, 5) is 5.03. The van der Waals surface area contributed by atoms with Crippen molar-refractivity contribution in [2.75, 3.05) is 24.5 Å². The summed E-state index contributed by atoms with van der Waals surface area (Å²) in [6, 6.07) is 7.07. The van der Waals surface area contributed by atoms with Crippen LogP contribution in [0.4, 0.5) is 5.69 Å². The minimum Gasteiger partial charge on any atom is -0.392 e. The molecule has 1 aromatic carbocycles. The zero-order valence-electron chi connectivity index (χ0n) is 11.3. The molecular weight excluding hydrogens is 260 g/mol. The first-order valence-electron chi connectivity index (χ1n) is 7.09. The number of halogens is 1. The summed E-state index contributed by atoms with van der Waals surface area (Å²) in [5, 5.41) is 9.91. The van der Waals surface area contributed by atoms with Gasteiger partial charge in [0.25, 0.3) is 0 Å². The third kappa shape index (κ3) is 2.47. The maximum Gasteiger partial charge on any atom is 0.0682 e. The molecule has 0 spiro atoms. The first-order chi connectivity index (χ1) is 9.19. The summed E-state index contributed by atoms with van der Waals surface area (Å²) >= 11 is 6.38. The SMILES string of the molecule is CC1CN2CCCC2CN1c1ccc(CO)cc1Cl. The van der Waals surface area contributed by atoms with E-state index in [2.05, 4.69) is 22.8 Å². The molecule has 2 saturated heterocycles. The summed E-state index contributed by atoms with van der Waals surface area (Å²) in [5.41, 5.74) is 1.99. The van der Waals surface area contributed by atoms with Crippen LogP contribution in [0.1, 0.15) is 25.3 Å². The molecule has 1 N–H and O–H groups in total. The Morgan fingerprint density at radius 2 is 2.21 bits per heavy atom. The van der Waals surface area contributed by atoms with Crippen LogP contribution in [0.15, 0.2) is 18.2 Å². The van der Waals surface area contributed by atoms with E-state index in [9.17, 15) is 0 Å². The Morgan fingerprint density at radius 3 is 2.95 bits per heavy atom. The molecule has 2 unspecified atom stereocenters. The highest BCUT2D eigenvalue weighted by atomic mass is 35.5. The van der Waals surface area contributed by atoms with Gasteiger partial charge in [-0.1, -0.05) is 17.7 Å². The van der Waals surface area contributed by atoms with Crippen molar-refractivity contribution in [2.24, 2.45) is 0 Å². The summed E-state index contributed by atoms with van der Waals surface area (Å²) in [6.07, 6.45) is 2.62. The number of rotatable bonds is 2. The van der Waals surface area contributed by atoms with E-state index in [1.807, 2.05) is 12.1 Å². The lowest BCUT2D eigenvalue weighted by atomic mass is 10.1. The number of piperazine rings is 1. The van der Waals surface area contributed by atoms with E-state index in [-0.39, 0.29) is 6.61 Å². The maximum atomic E-state index is 9.16. The molecule has 2 heterocycles. The second kappa shape index (κ2) is 5.31. The molecule has 0 saturated carbocycles. The molecule has 2 atom stereocenters. The fourth-order valence-electron chi connectivity index (χ4n) is 3.40. The zero-order valence-corrected chi connectivity index (χ0v) is 12.1. The molecule has 0 amide bonds. The highest BCUT2D eigenvalue weighted by Crippen LogP contribution is 2.33. The molecule has 4 heteroatoms. The van der Waals surface area contributed by atoms with Crippen molar-refractivity contribution in [3.8, 4) is 0 Å². The average molecular weight is 281 g/mol. The molecule has 0 aromatic heterocycles. The van der Waals surface area contributed by atoms with Gasteiger partial charge in [0, 0.05) is 25.2 Å². The molecule has 3 rings (SSSR count).